The van der Waals surface area contributed by atoms with Crippen LogP contribution in [0.15, 0.2) is 0 Å². The summed E-state index contributed by atoms with van der Waals surface area (Å²) in [5.41, 5.74) is 0. The Labute approximate surface area is 100 Å². The summed E-state index contributed by atoms with van der Waals surface area (Å²) in [6.07, 6.45) is 0.498. The molecule has 0 spiro atoms. The lowest BCUT2D eigenvalue weighted by Gasteiger charge is -2.37. The third-order valence-corrected chi connectivity index (χ3v) is 3.09. The van der Waals surface area contributed by atoms with Crippen LogP contribution in [0.4, 0.5) is 0 Å². The molecule has 2 atom stereocenters. The Kier molecular flexibility index (Phi) is 3.96. The Balaban J connectivity index is 1.99. The fraction of sp³-hybridized carbons (Fsp3) is 0.818. The van der Waals surface area contributed by atoms with Crippen molar-refractivity contribution in [3.05, 3.63) is 0 Å². The molecular weight excluding hydrogens is 224 g/mol. The van der Waals surface area contributed by atoms with Gasteiger partial charge in [-0.2, -0.15) is 0 Å². The van der Waals surface area contributed by atoms with Gasteiger partial charge in [0.15, 0.2) is 0 Å². The van der Waals surface area contributed by atoms with Gasteiger partial charge in [0, 0.05) is 0 Å². The normalized spacial score (nSPS) is 30.3. The maximum atomic E-state index is 11.8. The van der Waals surface area contributed by atoms with E-state index in [2.05, 4.69) is 5.32 Å². The van der Waals surface area contributed by atoms with Crippen molar-refractivity contribution >= 4 is 11.8 Å². The molecule has 2 aliphatic rings. The molecule has 1 N–H and O–H groups in total. The van der Waals surface area contributed by atoms with E-state index in [-0.39, 0.29) is 30.5 Å². The fourth-order valence-electron chi connectivity index (χ4n) is 2.19. The first-order valence-corrected chi connectivity index (χ1v) is 5.99. The second-order valence-corrected chi connectivity index (χ2v) is 4.26. The Bertz CT molecular complexity index is 302. The van der Waals surface area contributed by atoms with Crippen LogP contribution >= 0.6 is 0 Å². The monoisotopic (exact) mass is 242 g/mol. The van der Waals surface area contributed by atoms with Gasteiger partial charge in [-0.25, -0.2) is 0 Å². The van der Waals surface area contributed by atoms with Crippen LogP contribution in [0, 0.1) is 0 Å². The molecule has 0 aromatic heterocycles. The molecule has 2 rings (SSSR count). The van der Waals surface area contributed by atoms with Crippen LogP contribution in [-0.2, 0) is 19.1 Å². The van der Waals surface area contributed by atoms with Gasteiger partial charge in [0.1, 0.15) is 6.04 Å². The third-order valence-electron chi connectivity index (χ3n) is 3.09. The summed E-state index contributed by atoms with van der Waals surface area (Å²) in [7, 11) is 0. The Morgan fingerprint density at radius 3 is 2.88 bits per heavy atom. The Morgan fingerprint density at radius 2 is 2.24 bits per heavy atom. The number of hydrogen-bond donors (Lipinski definition) is 1. The molecule has 2 heterocycles. The van der Waals surface area contributed by atoms with Gasteiger partial charge in [0.05, 0.1) is 39.0 Å². The zero-order valence-electron chi connectivity index (χ0n) is 9.98. The number of amides is 2. The van der Waals surface area contributed by atoms with E-state index in [1.165, 1.54) is 0 Å². The second-order valence-electron chi connectivity index (χ2n) is 4.26. The van der Waals surface area contributed by atoms with Crippen LogP contribution in [0.1, 0.15) is 13.3 Å². The number of nitrogens with zero attached hydrogens (tertiary/aromatic N) is 1. The topological polar surface area (TPSA) is 67.9 Å². The molecule has 2 fully saturated rings. The molecule has 96 valence electrons. The predicted octanol–water partition coefficient (Wildman–Crippen LogP) is -0.861. The van der Waals surface area contributed by atoms with Crippen LogP contribution < -0.4 is 5.32 Å². The molecule has 0 radical (unpaired) electrons. The van der Waals surface area contributed by atoms with Crippen molar-refractivity contribution in [1.82, 2.24) is 10.2 Å². The summed E-state index contributed by atoms with van der Waals surface area (Å²) in [6, 6.07) is -0.373. The standard InChI is InChI=1S/C11H18N2O4/c1-2-9-11(15)12-5-10(14)13(9)6-8-7-16-3-4-17-8/h8-9H,2-7H2,1H3,(H,12,15). The Hall–Kier alpha value is -1.14. The zero-order valence-corrected chi connectivity index (χ0v) is 9.98. The van der Waals surface area contributed by atoms with Crippen molar-refractivity contribution in [2.75, 3.05) is 32.9 Å². The molecule has 0 aromatic carbocycles. The molecule has 6 nitrogen and oxygen atoms in total. The lowest BCUT2D eigenvalue weighted by Crippen LogP contribution is -2.60. The summed E-state index contributed by atoms with van der Waals surface area (Å²) in [5.74, 6) is -0.130. The average molecular weight is 242 g/mol. The fourth-order valence-corrected chi connectivity index (χ4v) is 2.19. The molecule has 0 aliphatic carbocycles. The molecule has 0 bridgehead atoms. The SMILES string of the molecule is CCC1C(=O)NCC(=O)N1CC1COCCO1. The zero-order chi connectivity index (χ0) is 12.3. The van der Waals surface area contributed by atoms with Crippen LogP contribution in [0.3, 0.4) is 0 Å². The van der Waals surface area contributed by atoms with Crippen molar-refractivity contribution in [3.63, 3.8) is 0 Å². The first-order valence-electron chi connectivity index (χ1n) is 5.99. The van der Waals surface area contributed by atoms with Gasteiger partial charge < -0.3 is 19.7 Å². The molecule has 2 saturated heterocycles. The van der Waals surface area contributed by atoms with Gasteiger partial charge in [-0.1, -0.05) is 6.92 Å². The molecule has 2 amide bonds. The first kappa shape index (κ1) is 12.3. The quantitative estimate of drug-likeness (QED) is 0.699. The van der Waals surface area contributed by atoms with Gasteiger partial charge in [0.2, 0.25) is 11.8 Å². The average Bonchev–Trinajstić information content (AvgIpc) is 2.35. The summed E-state index contributed by atoms with van der Waals surface area (Å²) in [4.78, 5) is 25.1. The Morgan fingerprint density at radius 1 is 1.41 bits per heavy atom. The van der Waals surface area contributed by atoms with Crippen LogP contribution in [-0.4, -0.2) is 61.8 Å². The number of ether oxygens (including phenoxy) is 2. The summed E-state index contributed by atoms with van der Waals surface area (Å²) < 4.78 is 10.8. The van der Waals surface area contributed by atoms with Crippen molar-refractivity contribution in [2.24, 2.45) is 0 Å². The highest BCUT2D eigenvalue weighted by Crippen LogP contribution is 2.12. The van der Waals surface area contributed by atoms with Crippen molar-refractivity contribution in [3.8, 4) is 0 Å². The van der Waals surface area contributed by atoms with Crippen molar-refractivity contribution < 1.29 is 19.1 Å². The van der Waals surface area contributed by atoms with Gasteiger partial charge in [-0.15, -0.1) is 0 Å². The molecule has 2 aliphatic heterocycles. The predicted molar refractivity (Wildman–Crippen MR) is 59.4 cm³/mol. The maximum absolute atomic E-state index is 11.8. The second kappa shape index (κ2) is 5.46. The van der Waals surface area contributed by atoms with Gasteiger partial charge in [-0.3, -0.25) is 9.59 Å². The van der Waals surface area contributed by atoms with E-state index in [4.69, 9.17) is 9.47 Å². The summed E-state index contributed by atoms with van der Waals surface area (Å²) in [5, 5.41) is 2.60. The van der Waals surface area contributed by atoms with Gasteiger partial charge in [0.25, 0.3) is 0 Å². The van der Waals surface area contributed by atoms with E-state index in [0.29, 0.717) is 32.8 Å². The number of piperazine rings is 1. The van der Waals surface area contributed by atoms with E-state index in [9.17, 15) is 9.59 Å². The van der Waals surface area contributed by atoms with E-state index < -0.39 is 0 Å². The molecule has 6 heteroatoms. The van der Waals surface area contributed by atoms with E-state index in [1.54, 1.807) is 4.90 Å². The smallest absolute Gasteiger partial charge is 0.243 e. The minimum atomic E-state index is -0.373. The lowest BCUT2D eigenvalue weighted by atomic mass is 10.1. The number of rotatable bonds is 3. The molecule has 17 heavy (non-hydrogen) atoms. The first-order chi connectivity index (χ1) is 8.22. The summed E-state index contributed by atoms with van der Waals surface area (Å²) >= 11 is 0. The number of hydrogen-bond acceptors (Lipinski definition) is 4. The highest BCUT2D eigenvalue weighted by atomic mass is 16.6. The maximum Gasteiger partial charge on any atom is 0.243 e. The van der Waals surface area contributed by atoms with Crippen LogP contribution in [0.5, 0.6) is 0 Å². The highest BCUT2D eigenvalue weighted by Gasteiger charge is 2.34. The molecule has 0 aromatic rings. The molecular formula is C11H18N2O4. The minimum Gasteiger partial charge on any atom is -0.376 e. The third kappa shape index (κ3) is 2.76. The number of carbonyl (C=O) groups excluding carboxylic acids is 2. The largest absolute Gasteiger partial charge is 0.376 e. The minimum absolute atomic E-state index is 0.0503. The van der Waals surface area contributed by atoms with Crippen molar-refractivity contribution in [2.45, 2.75) is 25.5 Å². The highest BCUT2D eigenvalue weighted by molar-refractivity contribution is 5.94. The van der Waals surface area contributed by atoms with Crippen LogP contribution in [0.2, 0.25) is 0 Å². The van der Waals surface area contributed by atoms with E-state index in [0.717, 1.165) is 0 Å². The van der Waals surface area contributed by atoms with Crippen molar-refractivity contribution in [1.29, 1.82) is 0 Å². The molecule has 0 saturated carbocycles. The van der Waals surface area contributed by atoms with E-state index >= 15 is 0 Å². The van der Waals surface area contributed by atoms with E-state index in [1.807, 2.05) is 6.92 Å². The number of nitrogens with one attached hydrogen (secondary N) is 1. The molecule has 2 unspecified atom stereocenters. The van der Waals surface area contributed by atoms with Crippen LogP contribution in [0.25, 0.3) is 0 Å². The summed E-state index contributed by atoms with van der Waals surface area (Å²) in [6.45, 7) is 4.06. The lowest BCUT2D eigenvalue weighted by molar-refractivity contribution is -0.152. The number of carbonyl (C=O) groups is 2. The van der Waals surface area contributed by atoms with Gasteiger partial charge in [-0.05, 0) is 6.42 Å². The van der Waals surface area contributed by atoms with Gasteiger partial charge >= 0.3 is 0 Å².